The normalized spacial score (nSPS) is 12.7. The number of thiazole rings is 1. The van der Waals surface area contributed by atoms with E-state index in [1.54, 1.807) is 39.5 Å². The van der Waals surface area contributed by atoms with E-state index in [2.05, 4.69) is 15.6 Å². The number of nitrogens with one attached hydrogen (secondary N) is 2. The number of carbonyl (C=O) groups is 2. The third kappa shape index (κ3) is 5.92. The first-order valence-electron chi connectivity index (χ1n) is 6.44. The van der Waals surface area contributed by atoms with Crippen molar-refractivity contribution in [1.29, 1.82) is 0 Å². The van der Waals surface area contributed by atoms with Crippen LogP contribution in [-0.4, -0.2) is 34.9 Å². The molecule has 8 heteroatoms. The first kappa shape index (κ1) is 17.8. The molecule has 0 spiro atoms. The molecule has 1 atom stereocenters. The lowest BCUT2D eigenvalue weighted by Gasteiger charge is -2.21. The van der Waals surface area contributed by atoms with E-state index in [4.69, 9.17) is 4.74 Å². The van der Waals surface area contributed by atoms with E-state index < -0.39 is 17.7 Å². The molecular formula is C13H21N3O3S2. The fourth-order valence-corrected chi connectivity index (χ4v) is 3.00. The monoisotopic (exact) mass is 331 g/mol. The number of aromatic nitrogens is 1. The Hall–Kier alpha value is -1.28. The minimum atomic E-state index is -0.707. The van der Waals surface area contributed by atoms with Crippen LogP contribution >= 0.6 is 23.1 Å². The zero-order chi connectivity index (χ0) is 16.2. The van der Waals surface area contributed by atoms with Crippen LogP contribution in [0.3, 0.4) is 0 Å². The highest BCUT2D eigenvalue weighted by Crippen LogP contribution is 2.30. The fraction of sp³-hybridized carbons (Fsp3) is 0.615. The van der Waals surface area contributed by atoms with Crippen molar-refractivity contribution >= 4 is 40.2 Å². The Morgan fingerprint density at radius 1 is 1.38 bits per heavy atom. The highest BCUT2D eigenvalue weighted by Gasteiger charge is 2.21. The number of thioether (sulfide) groups is 1. The van der Waals surface area contributed by atoms with Crippen molar-refractivity contribution in [2.24, 2.45) is 0 Å². The standard InChI is InChI=1S/C13H21N3O3S2/c1-7(15-12(18)19-13(3,4)5)9(17)16-11-14-8(2)10(20-6)21-11/h7H,1-6H3,(H,15,18)(H,14,16,17)/t7-/m1/s1. The molecule has 1 aromatic rings. The largest absolute Gasteiger partial charge is 0.444 e. The van der Waals surface area contributed by atoms with Gasteiger partial charge in [0.2, 0.25) is 5.91 Å². The molecule has 0 radical (unpaired) electrons. The van der Waals surface area contributed by atoms with Gasteiger partial charge in [-0.3, -0.25) is 4.79 Å². The Morgan fingerprint density at radius 3 is 2.48 bits per heavy atom. The second-order valence-electron chi connectivity index (χ2n) is 5.45. The second-order valence-corrected chi connectivity index (χ2v) is 7.53. The van der Waals surface area contributed by atoms with Crippen LogP contribution in [0.25, 0.3) is 0 Å². The van der Waals surface area contributed by atoms with Crippen molar-refractivity contribution in [1.82, 2.24) is 10.3 Å². The van der Waals surface area contributed by atoms with Gasteiger partial charge in [-0.25, -0.2) is 9.78 Å². The fourth-order valence-electron chi connectivity index (χ4n) is 1.39. The summed E-state index contributed by atoms with van der Waals surface area (Å²) < 4.78 is 6.16. The average Bonchev–Trinajstić information content (AvgIpc) is 2.66. The lowest BCUT2D eigenvalue weighted by atomic mass is 10.2. The summed E-state index contributed by atoms with van der Waals surface area (Å²) in [5, 5.41) is 5.71. The molecule has 1 aromatic heterocycles. The number of ether oxygens (including phenoxy) is 1. The predicted octanol–water partition coefficient (Wildman–Crippen LogP) is 3.03. The van der Waals surface area contributed by atoms with E-state index in [-0.39, 0.29) is 5.91 Å². The van der Waals surface area contributed by atoms with Gasteiger partial charge in [0, 0.05) is 0 Å². The van der Waals surface area contributed by atoms with Gasteiger partial charge in [0.25, 0.3) is 0 Å². The van der Waals surface area contributed by atoms with Crippen molar-refractivity contribution in [3.05, 3.63) is 5.69 Å². The van der Waals surface area contributed by atoms with E-state index in [9.17, 15) is 9.59 Å². The van der Waals surface area contributed by atoms with Crippen LogP contribution in [-0.2, 0) is 9.53 Å². The van der Waals surface area contributed by atoms with E-state index in [1.165, 1.54) is 11.3 Å². The Kier molecular flexibility index (Phi) is 6.03. The molecular weight excluding hydrogens is 310 g/mol. The van der Waals surface area contributed by atoms with Crippen LogP contribution in [0.4, 0.5) is 9.93 Å². The molecule has 2 amide bonds. The zero-order valence-electron chi connectivity index (χ0n) is 13.1. The second kappa shape index (κ2) is 7.13. The van der Waals surface area contributed by atoms with Crippen molar-refractivity contribution in [2.45, 2.75) is 50.5 Å². The van der Waals surface area contributed by atoms with Gasteiger partial charge in [-0.1, -0.05) is 11.3 Å². The number of anilines is 1. The maximum Gasteiger partial charge on any atom is 0.408 e. The molecule has 1 heterocycles. The van der Waals surface area contributed by atoms with Crippen molar-refractivity contribution in [3.8, 4) is 0 Å². The summed E-state index contributed by atoms with van der Waals surface area (Å²) in [6.45, 7) is 8.77. The molecule has 6 nitrogen and oxygen atoms in total. The number of rotatable bonds is 4. The Labute approximate surface area is 133 Å². The number of amides is 2. The highest BCUT2D eigenvalue weighted by atomic mass is 32.2. The quantitative estimate of drug-likeness (QED) is 0.829. The molecule has 0 aliphatic rings. The number of carbonyl (C=O) groups excluding carboxylic acids is 2. The molecule has 118 valence electrons. The minimum absolute atomic E-state index is 0.331. The van der Waals surface area contributed by atoms with Crippen LogP contribution in [0.2, 0.25) is 0 Å². The van der Waals surface area contributed by atoms with Gasteiger partial charge in [-0.2, -0.15) is 0 Å². The average molecular weight is 331 g/mol. The SMILES string of the molecule is CSc1sc(NC(=O)[C@@H](C)NC(=O)OC(C)(C)C)nc1C. The maximum absolute atomic E-state index is 12.0. The molecule has 0 aliphatic heterocycles. The summed E-state index contributed by atoms with van der Waals surface area (Å²) >= 11 is 2.99. The molecule has 0 aromatic carbocycles. The van der Waals surface area contributed by atoms with Crippen LogP contribution in [0, 0.1) is 6.92 Å². The Balaban J connectivity index is 2.56. The topological polar surface area (TPSA) is 80.3 Å². The van der Waals surface area contributed by atoms with Gasteiger partial charge in [0.1, 0.15) is 11.6 Å². The van der Waals surface area contributed by atoms with E-state index >= 15 is 0 Å². The first-order chi connectivity index (χ1) is 9.62. The highest BCUT2D eigenvalue weighted by molar-refractivity contribution is 8.00. The van der Waals surface area contributed by atoms with Crippen molar-refractivity contribution < 1.29 is 14.3 Å². The first-order valence-corrected chi connectivity index (χ1v) is 8.48. The summed E-state index contributed by atoms with van der Waals surface area (Å²) in [7, 11) is 0. The predicted molar refractivity (Wildman–Crippen MR) is 86.1 cm³/mol. The lowest BCUT2D eigenvalue weighted by Crippen LogP contribution is -2.43. The third-order valence-corrected chi connectivity index (χ3v) is 4.58. The summed E-state index contributed by atoms with van der Waals surface area (Å²) in [5.41, 5.74) is 0.288. The third-order valence-electron chi connectivity index (χ3n) is 2.30. The molecule has 0 aliphatic carbocycles. The Morgan fingerprint density at radius 2 is 2.00 bits per heavy atom. The Bertz CT molecular complexity index is 523. The smallest absolute Gasteiger partial charge is 0.408 e. The van der Waals surface area contributed by atoms with Crippen molar-refractivity contribution in [2.75, 3.05) is 11.6 Å². The summed E-state index contributed by atoms with van der Waals surface area (Å²) in [6.07, 6.45) is 1.34. The molecule has 2 N–H and O–H groups in total. The molecule has 21 heavy (non-hydrogen) atoms. The zero-order valence-corrected chi connectivity index (χ0v) is 14.7. The number of hydrogen-bond acceptors (Lipinski definition) is 6. The number of nitrogens with zero attached hydrogens (tertiary/aromatic N) is 1. The number of aryl methyl sites for hydroxylation is 1. The molecule has 0 unspecified atom stereocenters. The van der Waals surface area contributed by atoms with E-state index in [0.717, 1.165) is 9.90 Å². The van der Waals surface area contributed by atoms with Crippen LogP contribution in [0.15, 0.2) is 4.21 Å². The van der Waals surface area contributed by atoms with E-state index in [0.29, 0.717) is 5.13 Å². The number of hydrogen-bond donors (Lipinski definition) is 2. The van der Waals surface area contributed by atoms with Crippen LogP contribution in [0.5, 0.6) is 0 Å². The summed E-state index contributed by atoms with van der Waals surface area (Å²) in [4.78, 5) is 27.9. The molecule has 0 bridgehead atoms. The molecule has 1 rings (SSSR count). The number of alkyl carbamates (subject to hydrolysis) is 1. The van der Waals surface area contributed by atoms with Crippen LogP contribution in [0.1, 0.15) is 33.4 Å². The van der Waals surface area contributed by atoms with Gasteiger partial charge in [-0.05, 0) is 40.9 Å². The van der Waals surface area contributed by atoms with Gasteiger partial charge in [-0.15, -0.1) is 11.8 Å². The van der Waals surface area contributed by atoms with Gasteiger partial charge < -0.3 is 15.4 Å². The van der Waals surface area contributed by atoms with Crippen molar-refractivity contribution in [3.63, 3.8) is 0 Å². The molecule has 0 saturated carbocycles. The minimum Gasteiger partial charge on any atom is -0.444 e. The van der Waals surface area contributed by atoms with Crippen LogP contribution < -0.4 is 10.6 Å². The lowest BCUT2D eigenvalue weighted by molar-refractivity contribution is -0.117. The van der Waals surface area contributed by atoms with E-state index in [1.807, 2.05) is 13.2 Å². The maximum atomic E-state index is 12.0. The summed E-state index contributed by atoms with van der Waals surface area (Å²) in [5.74, 6) is -0.331. The van der Waals surface area contributed by atoms with Gasteiger partial charge >= 0.3 is 6.09 Å². The van der Waals surface area contributed by atoms with Gasteiger partial charge in [0.05, 0.1) is 9.90 Å². The molecule has 0 fully saturated rings. The molecule has 0 saturated heterocycles. The summed E-state index contributed by atoms with van der Waals surface area (Å²) in [6, 6.07) is -0.707. The van der Waals surface area contributed by atoms with Gasteiger partial charge in [0.15, 0.2) is 5.13 Å².